The number of nitrogens with one attached hydrogen (secondary N) is 3. The van der Waals surface area contributed by atoms with Gasteiger partial charge in [0.15, 0.2) is 0 Å². The molecule has 1 aromatic carbocycles. The van der Waals surface area contributed by atoms with Crippen molar-refractivity contribution in [3.05, 3.63) is 36.0 Å². The zero-order chi connectivity index (χ0) is 27.4. The first-order valence-electron chi connectivity index (χ1n) is 12.0. The Morgan fingerprint density at radius 3 is 2.43 bits per heavy atom. The maximum Gasteiger partial charge on any atom is 0.243 e. The minimum absolute atomic E-state index is 0.00326. The average molecular weight is 519 g/mol. The molecule has 13 heteroatoms. The number of nitrogens with zero attached hydrogens (tertiary/aromatic N) is 1. The fraction of sp³-hybridized carbons (Fsp3) is 0.500. The van der Waals surface area contributed by atoms with Crippen molar-refractivity contribution in [2.75, 3.05) is 6.54 Å². The van der Waals surface area contributed by atoms with Gasteiger partial charge in [0.25, 0.3) is 0 Å². The summed E-state index contributed by atoms with van der Waals surface area (Å²) < 4.78 is 0. The fourth-order valence-electron chi connectivity index (χ4n) is 4.38. The molecule has 7 atom stereocenters. The number of aliphatic hydroxyl groups excluding tert-OH is 3. The summed E-state index contributed by atoms with van der Waals surface area (Å²) in [6.45, 7) is 2.46. The van der Waals surface area contributed by atoms with Crippen LogP contribution in [0.15, 0.2) is 30.5 Å². The number of β-amino-alcohol motifs (C(OH)–C–C–N with tert-alkyl or cyclic N) is 1. The number of rotatable bonds is 10. The highest BCUT2D eigenvalue weighted by Gasteiger charge is 2.42. The Bertz CT molecular complexity index is 1150. The van der Waals surface area contributed by atoms with Crippen molar-refractivity contribution in [2.45, 2.75) is 69.2 Å². The lowest BCUT2D eigenvalue weighted by Crippen LogP contribution is -2.59. The summed E-state index contributed by atoms with van der Waals surface area (Å²) in [6.07, 6.45) is -1.87. The number of aliphatic hydroxyl groups is 3. The zero-order valence-corrected chi connectivity index (χ0v) is 20.6. The van der Waals surface area contributed by atoms with E-state index in [2.05, 4.69) is 15.6 Å². The van der Waals surface area contributed by atoms with Crippen molar-refractivity contribution in [3.63, 3.8) is 0 Å². The summed E-state index contributed by atoms with van der Waals surface area (Å²) in [4.78, 5) is 55.2. The van der Waals surface area contributed by atoms with Crippen LogP contribution in [0.4, 0.5) is 0 Å². The van der Waals surface area contributed by atoms with Gasteiger partial charge in [-0.3, -0.25) is 19.2 Å². The summed E-state index contributed by atoms with van der Waals surface area (Å²) in [5.41, 5.74) is 12.6. The summed E-state index contributed by atoms with van der Waals surface area (Å²) in [6, 6.07) is 2.27. The minimum Gasteiger partial charge on any atom is -0.391 e. The van der Waals surface area contributed by atoms with Gasteiger partial charge < -0.3 is 47.3 Å². The molecule has 202 valence electrons. The second-order valence-electron chi connectivity index (χ2n) is 9.42. The number of para-hydroxylation sites is 1. The fourth-order valence-corrected chi connectivity index (χ4v) is 4.38. The lowest BCUT2D eigenvalue weighted by atomic mass is 10.0. The van der Waals surface area contributed by atoms with Crippen molar-refractivity contribution < 1.29 is 34.5 Å². The van der Waals surface area contributed by atoms with E-state index in [9.17, 15) is 34.5 Å². The monoisotopic (exact) mass is 518 g/mol. The molecule has 1 fully saturated rings. The number of primary amides is 1. The molecule has 13 nitrogen and oxygen atoms in total. The molecule has 3 rings (SSSR count). The van der Waals surface area contributed by atoms with Crippen LogP contribution in [0.2, 0.25) is 0 Å². The van der Waals surface area contributed by atoms with E-state index >= 15 is 0 Å². The first kappa shape index (κ1) is 28.1. The van der Waals surface area contributed by atoms with E-state index in [1.807, 2.05) is 24.3 Å². The number of amides is 4. The first-order valence-corrected chi connectivity index (χ1v) is 12.0. The van der Waals surface area contributed by atoms with Crippen LogP contribution in [0, 0.1) is 0 Å². The van der Waals surface area contributed by atoms with E-state index in [4.69, 9.17) is 11.5 Å². The molecule has 2 heterocycles. The highest BCUT2D eigenvalue weighted by Crippen LogP contribution is 2.22. The van der Waals surface area contributed by atoms with Gasteiger partial charge in [-0.05, 0) is 25.5 Å². The molecule has 0 radical (unpaired) electrons. The van der Waals surface area contributed by atoms with E-state index < -0.39 is 66.1 Å². The molecular weight excluding hydrogens is 484 g/mol. The lowest BCUT2D eigenvalue weighted by molar-refractivity contribution is -0.142. The number of carbonyl (C=O) groups is 4. The van der Waals surface area contributed by atoms with Crippen LogP contribution in [0.3, 0.4) is 0 Å². The molecule has 37 heavy (non-hydrogen) atoms. The number of benzene rings is 1. The second kappa shape index (κ2) is 11.7. The Morgan fingerprint density at radius 2 is 1.81 bits per heavy atom. The largest absolute Gasteiger partial charge is 0.391 e. The number of carbonyl (C=O) groups excluding carboxylic acids is 4. The number of aromatic nitrogens is 1. The van der Waals surface area contributed by atoms with Crippen LogP contribution in [0.25, 0.3) is 10.9 Å². The van der Waals surface area contributed by atoms with Gasteiger partial charge in [0.2, 0.25) is 23.6 Å². The quantitative estimate of drug-likeness (QED) is 0.164. The highest BCUT2D eigenvalue weighted by molar-refractivity contribution is 5.95. The van der Waals surface area contributed by atoms with Gasteiger partial charge >= 0.3 is 0 Å². The van der Waals surface area contributed by atoms with Gasteiger partial charge in [-0.2, -0.15) is 0 Å². The van der Waals surface area contributed by atoms with Gasteiger partial charge in [0.1, 0.15) is 24.2 Å². The summed E-state index contributed by atoms with van der Waals surface area (Å²) >= 11 is 0. The molecule has 4 amide bonds. The van der Waals surface area contributed by atoms with E-state index in [0.29, 0.717) is 5.56 Å². The van der Waals surface area contributed by atoms with E-state index in [0.717, 1.165) is 15.8 Å². The third-order valence-corrected chi connectivity index (χ3v) is 6.49. The van der Waals surface area contributed by atoms with Crippen LogP contribution in [0.5, 0.6) is 0 Å². The molecule has 1 aliphatic rings. The molecule has 2 unspecified atom stereocenters. The van der Waals surface area contributed by atoms with Crippen LogP contribution in [-0.2, 0) is 25.6 Å². The normalized spacial score (nSPS) is 21.6. The van der Waals surface area contributed by atoms with Gasteiger partial charge in [0, 0.05) is 36.5 Å². The maximum absolute atomic E-state index is 13.3. The SMILES string of the molecule is C[C@@H](O)C(NC(=O)[C@H](Cc1c[nH]c2ccccc12)NC(=O)[C@@H]1CC(O)CN1C(=O)[C@@H](N)[C@@H](C)O)C(N)=O. The molecule has 10 N–H and O–H groups in total. The van der Waals surface area contributed by atoms with Gasteiger partial charge in [-0.15, -0.1) is 0 Å². The summed E-state index contributed by atoms with van der Waals surface area (Å²) in [5, 5.41) is 35.5. The smallest absolute Gasteiger partial charge is 0.243 e. The molecule has 1 aromatic heterocycles. The minimum atomic E-state index is -1.40. The maximum atomic E-state index is 13.3. The van der Waals surface area contributed by atoms with Crippen molar-refractivity contribution in [3.8, 4) is 0 Å². The van der Waals surface area contributed by atoms with Gasteiger partial charge in [-0.1, -0.05) is 18.2 Å². The number of hydrogen-bond donors (Lipinski definition) is 8. The Balaban J connectivity index is 1.87. The predicted molar refractivity (Wildman–Crippen MR) is 133 cm³/mol. The van der Waals surface area contributed by atoms with Crippen molar-refractivity contribution in [2.24, 2.45) is 11.5 Å². The average Bonchev–Trinajstić information content (AvgIpc) is 3.43. The third kappa shape index (κ3) is 6.43. The number of fused-ring (bicyclic) bond motifs is 1. The van der Waals surface area contributed by atoms with E-state index in [-0.39, 0.29) is 19.4 Å². The highest BCUT2D eigenvalue weighted by atomic mass is 16.3. The molecule has 1 aliphatic heterocycles. The Hall–Kier alpha value is -3.52. The topological polar surface area (TPSA) is 224 Å². The second-order valence-corrected chi connectivity index (χ2v) is 9.42. The molecule has 0 bridgehead atoms. The van der Waals surface area contributed by atoms with Crippen LogP contribution in [0.1, 0.15) is 25.8 Å². The Morgan fingerprint density at radius 1 is 1.14 bits per heavy atom. The summed E-state index contributed by atoms with van der Waals surface area (Å²) in [5.74, 6) is -3.17. The molecule has 0 aliphatic carbocycles. The first-order chi connectivity index (χ1) is 17.4. The van der Waals surface area contributed by atoms with Gasteiger partial charge in [-0.25, -0.2) is 0 Å². The molecule has 2 aromatic rings. The molecular formula is C24H34N6O7. The molecule has 0 saturated carbocycles. The van der Waals surface area contributed by atoms with Crippen molar-refractivity contribution >= 4 is 34.5 Å². The molecule has 1 saturated heterocycles. The third-order valence-electron chi connectivity index (χ3n) is 6.49. The van der Waals surface area contributed by atoms with Crippen molar-refractivity contribution in [1.29, 1.82) is 0 Å². The van der Waals surface area contributed by atoms with Gasteiger partial charge in [0.05, 0.1) is 18.3 Å². The number of hydrogen-bond acceptors (Lipinski definition) is 8. The molecule has 0 spiro atoms. The lowest BCUT2D eigenvalue weighted by Gasteiger charge is -2.29. The Labute approximate surface area is 213 Å². The van der Waals surface area contributed by atoms with E-state index in [1.54, 1.807) is 6.20 Å². The zero-order valence-electron chi connectivity index (χ0n) is 20.6. The predicted octanol–water partition coefficient (Wildman–Crippen LogP) is -2.78. The summed E-state index contributed by atoms with van der Waals surface area (Å²) in [7, 11) is 0. The Kier molecular flexibility index (Phi) is 8.86. The number of H-pyrrole nitrogens is 1. The van der Waals surface area contributed by atoms with Crippen LogP contribution >= 0.6 is 0 Å². The van der Waals surface area contributed by atoms with E-state index in [1.165, 1.54) is 13.8 Å². The number of likely N-dealkylation sites (tertiary alicyclic amines) is 1. The standard InChI is InChI=1S/C24H34N6O7/c1-11(31)19(25)24(37)30-10-14(33)8-18(30)23(36)28-17(22(35)29-20(12(2)32)21(26)34)7-13-9-27-16-6-4-3-5-15(13)16/h3-6,9,11-12,14,17-20,27,31-33H,7-8,10,25H2,1-2H3,(H2,26,34)(H,28,36)(H,29,35)/t11-,12-,14?,17+,18+,19+,20?/m1/s1. The number of aromatic amines is 1. The van der Waals surface area contributed by atoms with Crippen molar-refractivity contribution in [1.82, 2.24) is 20.5 Å². The number of nitrogens with two attached hydrogens (primary N) is 2. The van der Waals surface area contributed by atoms with Crippen LogP contribution in [-0.4, -0.2) is 97.9 Å². The van der Waals surface area contributed by atoms with Crippen LogP contribution < -0.4 is 22.1 Å².